The first-order valence-corrected chi connectivity index (χ1v) is 11.6. The van der Waals surface area contributed by atoms with Crippen LogP contribution in [0.5, 0.6) is 0 Å². The van der Waals surface area contributed by atoms with E-state index in [9.17, 15) is 9.32 Å². The Bertz CT molecular complexity index is 806. The van der Waals surface area contributed by atoms with Crippen molar-refractivity contribution in [2.75, 3.05) is 7.05 Å². The smallest absolute Gasteiger partial charge is 0.202 e. The van der Waals surface area contributed by atoms with Gasteiger partial charge in [-0.25, -0.2) is 8.57 Å². The molecule has 0 spiro atoms. The Labute approximate surface area is 170 Å². The molecular formula is C23H35NO3S. The summed E-state index contributed by atoms with van der Waals surface area (Å²) in [6, 6.07) is 9.18. The summed E-state index contributed by atoms with van der Waals surface area (Å²) < 4.78 is 24.8. The molecule has 28 heavy (non-hydrogen) atoms. The summed E-state index contributed by atoms with van der Waals surface area (Å²) in [6.07, 6.45) is 5.49. The zero-order valence-corrected chi connectivity index (χ0v) is 18.6. The predicted octanol–water partition coefficient (Wildman–Crippen LogP) is 5.40. The van der Waals surface area contributed by atoms with Crippen molar-refractivity contribution >= 4 is 9.73 Å². The first-order valence-electron chi connectivity index (χ1n) is 10.1. The predicted molar refractivity (Wildman–Crippen MR) is 116 cm³/mol. The molecule has 2 rings (SSSR count). The van der Waals surface area contributed by atoms with Gasteiger partial charge in [0.2, 0.25) is 5.79 Å². The Kier molecular flexibility index (Phi) is 7.66. The minimum atomic E-state index is -2.98. The first kappa shape index (κ1) is 22.9. The standard InChI is InChI=1S/C23H35NO3S/c1-7-8-12-15-23(25)21(16-20(17(2)3)22(27-23)18(4)5)28(26,24-6)19-13-10-9-11-14-19/h7,9-11,13-14,16-18,20,22,25H,1,8,12,15H2,2-6H3/t20-,22-,23+,28?/m0/s1. The summed E-state index contributed by atoms with van der Waals surface area (Å²) in [5.74, 6) is -1.03. The van der Waals surface area contributed by atoms with Gasteiger partial charge in [0.25, 0.3) is 0 Å². The summed E-state index contributed by atoms with van der Waals surface area (Å²) in [7, 11) is -1.43. The summed E-state index contributed by atoms with van der Waals surface area (Å²) >= 11 is 0. The number of rotatable bonds is 8. The fourth-order valence-corrected chi connectivity index (χ4v) is 5.94. The van der Waals surface area contributed by atoms with Gasteiger partial charge in [0.1, 0.15) is 9.73 Å². The monoisotopic (exact) mass is 405 g/mol. The summed E-state index contributed by atoms with van der Waals surface area (Å²) in [6.45, 7) is 12.2. The van der Waals surface area contributed by atoms with E-state index >= 15 is 0 Å². The lowest BCUT2D eigenvalue weighted by Gasteiger charge is -2.45. The topological polar surface area (TPSA) is 58.9 Å². The second-order valence-corrected chi connectivity index (χ2v) is 10.5. The minimum Gasteiger partial charge on any atom is -0.361 e. The molecule has 0 saturated carbocycles. The Balaban J connectivity index is 2.67. The zero-order valence-electron chi connectivity index (χ0n) is 17.8. The van der Waals surface area contributed by atoms with Gasteiger partial charge in [0, 0.05) is 19.4 Å². The lowest BCUT2D eigenvalue weighted by molar-refractivity contribution is -0.232. The number of allylic oxidation sites excluding steroid dienone is 1. The molecule has 0 radical (unpaired) electrons. The van der Waals surface area contributed by atoms with Gasteiger partial charge in [0.15, 0.2) is 0 Å². The zero-order chi connectivity index (χ0) is 20.9. The number of nitrogens with zero attached hydrogens (tertiary/aromatic N) is 1. The van der Waals surface area contributed by atoms with E-state index in [0.29, 0.717) is 22.6 Å². The Morgan fingerprint density at radius 1 is 1.25 bits per heavy atom. The van der Waals surface area contributed by atoms with E-state index in [1.807, 2.05) is 30.4 Å². The van der Waals surface area contributed by atoms with E-state index in [1.54, 1.807) is 19.2 Å². The molecule has 1 N–H and O–H groups in total. The molecule has 0 saturated heterocycles. The Morgan fingerprint density at radius 3 is 2.39 bits per heavy atom. The molecule has 1 heterocycles. The minimum absolute atomic E-state index is 0.0565. The highest BCUT2D eigenvalue weighted by Gasteiger charge is 2.47. The van der Waals surface area contributed by atoms with E-state index in [1.165, 1.54) is 0 Å². The van der Waals surface area contributed by atoms with Gasteiger partial charge >= 0.3 is 0 Å². The first-order chi connectivity index (χ1) is 13.2. The molecule has 4 nitrogen and oxygen atoms in total. The third-order valence-corrected chi connectivity index (χ3v) is 7.88. The van der Waals surface area contributed by atoms with Crippen molar-refractivity contribution in [3.05, 3.63) is 54.0 Å². The third kappa shape index (κ3) is 4.58. The summed E-state index contributed by atoms with van der Waals surface area (Å²) in [4.78, 5) is 0.994. The second-order valence-electron chi connectivity index (χ2n) is 8.17. The number of benzene rings is 1. The Hall–Kier alpha value is -1.43. The molecule has 4 atom stereocenters. The maximum Gasteiger partial charge on any atom is 0.202 e. The van der Waals surface area contributed by atoms with Crippen molar-refractivity contribution in [2.24, 2.45) is 22.1 Å². The molecule has 1 aliphatic heterocycles. The summed E-state index contributed by atoms with van der Waals surface area (Å²) in [5, 5.41) is 11.6. The van der Waals surface area contributed by atoms with Gasteiger partial charge in [-0.05, 0) is 36.8 Å². The second kappa shape index (κ2) is 9.38. The molecule has 5 heteroatoms. The molecule has 0 aromatic heterocycles. The number of hydrogen-bond acceptors (Lipinski definition) is 4. The van der Waals surface area contributed by atoms with Crippen LogP contribution >= 0.6 is 0 Å². The molecule has 1 unspecified atom stereocenters. The average molecular weight is 406 g/mol. The fourth-order valence-electron chi connectivity index (χ4n) is 3.83. The molecule has 1 aromatic rings. The van der Waals surface area contributed by atoms with Crippen LogP contribution in [-0.2, 0) is 14.5 Å². The molecule has 1 aromatic carbocycles. The van der Waals surface area contributed by atoms with E-state index in [4.69, 9.17) is 4.74 Å². The van der Waals surface area contributed by atoms with Crippen LogP contribution in [0.15, 0.2) is 63.2 Å². The molecular weight excluding hydrogens is 370 g/mol. The molecule has 0 amide bonds. The van der Waals surface area contributed by atoms with Gasteiger partial charge in [-0.2, -0.15) is 0 Å². The van der Waals surface area contributed by atoms with Gasteiger partial charge < -0.3 is 9.84 Å². The van der Waals surface area contributed by atoms with E-state index < -0.39 is 15.5 Å². The highest BCUT2D eigenvalue weighted by atomic mass is 32.2. The van der Waals surface area contributed by atoms with Crippen LogP contribution in [0.1, 0.15) is 47.0 Å². The highest BCUT2D eigenvalue weighted by Crippen LogP contribution is 2.44. The van der Waals surface area contributed by atoms with Crippen molar-refractivity contribution in [1.82, 2.24) is 0 Å². The Morgan fingerprint density at radius 2 is 1.89 bits per heavy atom. The van der Waals surface area contributed by atoms with Crippen molar-refractivity contribution in [3.8, 4) is 0 Å². The molecule has 0 fully saturated rings. The quantitative estimate of drug-likeness (QED) is 0.465. The van der Waals surface area contributed by atoms with Gasteiger partial charge in [-0.3, -0.25) is 0 Å². The van der Waals surface area contributed by atoms with Crippen molar-refractivity contribution in [3.63, 3.8) is 0 Å². The molecule has 0 aliphatic carbocycles. The van der Waals surface area contributed by atoms with Crippen molar-refractivity contribution in [1.29, 1.82) is 0 Å². The number of aliphatic hydroxyl groups is 1. The lowest BCUT2D eigenvalue weighted by atomic mass is 9.81. The van der Waals surface area contributed by atoms with Crippen LogP contribution < -0.4 is 0 Å². The maximum absolute atomic E-state index is 14.1. The number of ether oxygens (including phenoxy) is 1. The van der Waals surface area contributed by atoms with Crippen LogP contribution in [0, 0.1) is 17.8 Å². The van der Waals surface area contributed by atoms with Crippen LogP contribution in [0.25, 0.3) is 0 Å². The van der Waals surface area contributed by atoms with E-state index in [2.05, 4.69) is 38.6 Å². The molecule has 0 bridgehead atoms. The largest absolute Gasteiger partial charge is 0.361 e. The SMILES string of the molecule is C=CCCC[C@@]1(O)O[C@@H](C(C)C)[C@H](C(C)C)C=C1S(=O)(=NC)c1ccccc1. The van der Waals surface area contributed by atoms with Crippen molar-refractivity contribution in [2.45, 2.75) is 63.7 Å². The van der Waals surface area contributed by atoms with Gasteiger partial charge in [0.05, 0.1) is 15.9 Å². The number of hydrogen-bond donors (Lipinski definition) is 1. The van der Waals surface area contributed by atoms with E-state index in [0.717, 1.165) is 6.42 Å². The van der Waals surface area contributed by atoms with Gasteiger partial charge in [-0.15, -0.1) is 6.58 Å². The van der Waals surface area contributed by atoms with Crippen LogP contribution in [0.4, 0.5) is 0 Å². The lowest BCUT2D eigenvalue weighted by Crippen LogP contribution is -2.49. The van der Waals surface area contributed by atoms with Gasteiger partial charge in [-0.1, -0.05) is 58.0 Å². The van der Waals surface area contributed by atoms with Crippen LogP contribution in [-0.4, -0.2) is 28.3 Å². The van der Waals surface area contributed by atoms with Crippen molar-refractivity contribution < 1.29 is 14.1 Å². The molecule has 1 aliphatic rings. The normalized spacial score (nSPS) is 27.4. The third-order valence-electron chi connectivity index (χ3n) is 5.41. The average Bonchev–Trinajstić information content (AvgIpc) is 2.67. The van der Waals surface area contributed by atoms with Crippen LogP contribution in [0.2, 0.25) is 0 Å². The fraction of sp³-hybridized carbons (Fsp3) is 0.565. The summed E-state index contributed by atoms with van der Waals surface area (Å²) in [5.41, 5.74) is 0. The highest BCUT2D eigenvalue weighted by molar-refractivity contribution is 7.97. The van der Waals surface area contributed by atoms with E-state index in [-0.39, 0.29) is 23.9 Å². The van der Waals surface area contributed by atoms with Crippen LogP contribution in [0.3, 0.4) is 0 Å². The maximum atomic E-state index is 14.1. The number of unbranched alkanes of at least 4 members (excludes halogenated alkanes) is 1. The molecule has 156 valence electrons.